The molecule has 5 heteroatoms. The SMILES string of the molecule is CC(C)c1ccc(N2C(=O)CC(NCCc3c[nH]c4ccccc34)C2=O)cc1. The summed E-state index contributed by atoms with van der Waals surface area (Å²) in [5, 5.41) is 4.47. The first-order valence-electron chi connectivity index (χ1n) is 9.79. The highest BCUT2D eigenvalue weighted by molar-refractivity contribution is 6.22. The number of nitrogens with one attached hydrogen (secondary N) is 2. The Labute approximate surface area is 164 Å². The molecule has 0 saturated carbocycles. The molecule has 3 aromatic rings. The number of hydrogen-bond acceptors (Lipinski definition) is 3. The number of carbonyl (C=O) groups is 2. The summed E-state index contributed by atoms with van der Waals surface area (Å²) in [7, 11) is 0. The molecule has 1 unspecified atom stereocenters. The van der Waals surface area contributed by atoms with Gasteiger partial charge in [-0.1, -0.05) is 44.2 Å². The van der Waals surface area contributed by atoms with E-state index in [9.17, 15) is 9.59 Å². The molecule has 1 aromatic heterocycles. The molecule has 1 aliphatic rings. The van der Waals surface area contributed by atoms with Crippen molar-refractivity contribution in [2.75, 3.05) is 11.4 Å². The quantitative estimate of drug-likeness (QED) is 0.645. The lowest BCUT2D eigenvalue weighted by Crippen LogP contribution is -2.39. The summed E-state index contributed by atoms with van der Waals surface area (Å²) in [6.45, 7) is 4.88. The number of fused-ring (bicyclic) bond motifs is 1. The van der Waals surface area contributed by atoms with E-state index in [0.717, 1.165) is 11.9 Å². The Morgan fingerprint density at radius 1 is 1.11 bits per heavy atom. The number of rotatable bonds is 6. The van der Waals surface area contributed by atoms with E-state index < -0.39 is 6.04 Å². The number of amides is 2. The Kier molecular flexibility index (Phi) is 5.01. The molecule has 2 aromatic carbocycles. The highest BCUT2D eigenvalue weighted by Crippen LogP contribution is 2.25. The van der Waals surface area contributed by atoms with Crippen molar-refractivity contribution in [3.05, 3.63) is 65.9 Å². The van der Waals surface area contributed by atoms with Gasteiger partial charge in [-0.15, -0.1) is 0 Å². The molecule has 2 heterocycles. The summed E-state index contributed by atoms with van der Waals surface area (Å²) >= 11 is 0. The molecule has 1 atom stereocenters. The van der Waals surface area contributed by atoms with Crippen molar-refractivity contribution in [2.45, 2.75) is 38.6 Å². The van der Waals surface area contributed by atoms with E-state index in [1.54, 1.807) is 0 Å². The summed E-state index contributed by atoms with van der Waals surface area (Å²) in [6, 6.07) is 15.4. The third-order valence-electron chi connectivity index (χ3n) is 5.42. The Morgan fingerprint density at radius 2 is 1.86 bits per heavy atom. The maximum atomic E-state index is 12.8. The number of imide groups is 1. The van der Waals surface area contributed by atoms with Gasteiger partial charge >= 0.3 is 0 Å². The summed E-state index contributed by atoms with van der Waals surface area (Å²) in [5.41, 5.74) is 4.17. The van der Waals surface area contributed by atoms with E-state index in [-0.39, 0.29) is 18.2 Å². The molecule has 144 valence electrons. The summed E-state index contributed by atoms with van der Waals surface area (Å²) < 4.78 is 0. The standard InChI is InChI=1S/C23H25N3O2/c1-15(2)16-7-9-18(10-8-16)26-22(27)13-21(23(26)28)24-12-11-17-14-25-20-6-4-3-5-19(17)20/h3-10,14-15,21,24-25H,11-13H2,1-2H3. The van der Waals surface area contributed by atoms with Gasteiger partial charge in [-0.25, -0.2) is 4.90 Å². The second-order valence-corrected chi connectivity index (χ2v) is 7.63. The highest BCUT2D eigenvalue weighted by Gasteiger charge is 2.39. The van der Waals surface area contributed by atoms with E-state index in [2.05, 4.69) is 30.2 Å². The number of carbonyl (C=O) groups excluding carboxylic acids is 2. The van der Waals surface area contributed by atoms with Crippen LogP contribution in [0.2, 0.25) is 0 Å². The first kappa shape index (κ1) is 18.4. The van der Waals surface area contributed by atoms with E-state index in [1.807, 2.05) is 48.7 Å². The Morgan fingerprint density at radius 3 is 2.61 bits per heavy atom. The number of nitrogens with zero attached hydrogens (tertiary/aromatic N) is 1. The lowest BCUT2D eigenvalue weighted by molar-refractivity contribution is -0.121. The van der Waals surface area contributed by atoms with Gasteiger partial charge in [0.2, 0.25) is 5.91 Å². The van der Waals surface area contributed by atoms with Gasteiger partial charge in [0.15, 0.2) is 0 Å². The predicted molar refractivity (Wildman–Crippen MR) is 111 cm³/mol. The fraction of sp³-hybridized carbons (Fsp3) is 0.304. The second kappa shape index (κ2) is 7.60. The number of hydrogen-bond donors (Lipinski definition) is 2. The van der Waals surface area contributed by atoms with Crippen molar-refractivity contribution in [3.63, 3.8) is 0 Å². The fourth-order valence-electron chi connectivity index (χ4n) is 3.79. The highest BCUT2D eigenvalue weighted by atomic mass is 16.2. The van der Waals surface area contributed by atoms with Crippen LogP contribution in [0.25, 0.3) is 10.9 Å². The lowest BCUT2D eigenvalue weighted by Gasteiger charge is -2.16. The number of aromatic nitrogens is 1. The minimum absolute atomic E-state index is 0.146. The van der Waals surface area contributed by atoms with Crippen LogP contribution in [0.3, 0.4) is 0 Å². The minimum atomic E-state index is -0.456. The molecule has 0 spiro atoms. The Balaban J connectivity index is 1.40. The minimum Gasteiger partial charge on any atom is -0.361 e. The first-order chi connectivity index (χ1) is 13.5. The third kappa shape index (κ3) is 3.45. The van der Waals surface area contributed by atoms with Crippen molar-refractivity contribution in [3.8, 4) is 0 Å². The monoisotopic (exact) mass is 375 g/mol. The van der Waals surface area contributed by atoms with Gasteiger partial charge < -0.3 is 10.3 Å². The largest absolute Gasteiger partial charge is 0.361 e. The molecule has 2 amide bonds. The number of aromatic amines is 1. The Hall–Kier alpha value is -2.92. The van der Waals surface area contributed by atoms with E-state index in [0.29, 0.717) is 18.2 Å². The molecule has 5 nitrogen and oxygen atoms in total. The Bertz CT molecular complexity index is 1000. The molecule has 28 heavy (non-hydrogen) atoms. The molecule has 4 rings (SSSR count). The number of H-pyrrole nitrogens is 1. The van der Waals surface area contributed by atoms with Crippen molar-refractivity contribution >= 4 is 28.4 Å². The lowest BCUT2D eigenvalue weighted by atomic mass is 10.0. The van der Waals surface area contributed by atoms with Crippen molar-refractivity contribution in [1.82, 2.24) is 10.3 Å². The zero-order chi connectivity index (χ0) is 19.7. The van der Waals surface area contributed by atoms with Gasteiger partial charge in [0.05, 0.1) is 18.2 Å². The molecule has 1 aliphatic heterocycles. The molecule has 0 radical (unpaired) electrons. The zero-order valence-corrected chi connectivity index (χ0v) is 16.2. The van der Waals surface area contributed by atoms with Crippen molar-refractivity contribution in [2.24, 2.45) is 0 Å². The van der Waals surface area contributed by atoms with Crippen LogP contribution >= 0.6 is 0 Å². The van der Waals surface area contributed by atoms with E-state index in [1.165, 1.54) is 21.4 Å². The van der Waals surface area contributed by atoms with E-state index >= 15 is 0 Å². The molecular formula is C23H25N3O2. The molecule has 1 fully saturated rings. The van der Waals surface area contributed by atoms with E-state index in [4.69, 9.17) is 0 Å². The van der Waals surface area contributed by atoms with Crippen LogP contribution in [0, 0.1) is 0 Å². The van der Waals surface area contributed by atoms with Crippen LogP contribution in [0.5, 0.6) is 0 Å². The molecule has 0 aliphatic carbocycles. The van der Waals surface area contributed by atoms with Gasteiger partial charge in [0.25, 0.3) is 5.91 Å². The topological polar surface area (TPSA) is 65.2 Å². The van der Waals surface area contributed by atoms with Crippen LogP contribution in [0.1, 0.15) is 37.3 Å². The van der Waals surface area contributed by atoms with Crippen LogP contribution < -0.4 is 10.2 Å². The number of anilines is 1. The van der Waals surface area contributed by atoms with Gasteiger partial charge in [0, 0.05) is 23.6 Å². The normalized spacial score (nSPS) is 17.2. The smallest absolute Gasteiger partial charge is 0.251 e. The summed E-state index contributed by atoms with van der Waals surface area (Å²) in [4.78, 5) is 29.8. The van der Waals surface area contributed by atoms with Crippen molar-refractivity contribution in [1.29, 1.82) is 0 Å². The van der Waals surface area contributed by atoms with Crippen LogP contribution in [0.15, 0.2) is 54.7 Å². The van der Waals surface area contributed by atoms with Crippen LogP contribution in [-0.2, 0) is 16.0 Å². The number of benzene rings is 2. The maximum Gasteiger partial charge on any atom is 0.251 e. The van der Waals surface area contributed by atoms with Crippen LogP contribution in [0.4, 0.5) is 5.69 Å². The van der Waals surface area contributed by atoms with Gasteiger partial charge in [0.1, 0.15) is 0 Å². The zero-order valence-electron chi connectivity index (χ0n) is 16.2. The molecular weight excluding hydrogens is 350 g/mol. The van der Waals surface area contributed by atoms with Gasteiger partial charge in [-0.2, -0.15) is 0 Å². The molecule has 1 saturated heterocycles. The summed E-state index contributed by atoms with van der Waals surface area (Å²) in [6.07, 6.45) is 3.01. The average molecular weight is 375 g/mol. The third-order valence-corrected chi connectivity index (χ3v) is 5.42. The van der Waals surface area contributed by atoms with Gasteiger partial charge in [-0.3, -0.25) is 9.59 Å². The fourth-order valence-corrected chi connectivity index (χ4v) is 3.79. The number of para-hydroxylation sites is 1. The molecule has 2 N–H and O–H groups in total. The molecule has 0 bridgehead atoms. The predicted octanol–water partition coefficient (Wildman–Crippen LogP) is 3.76. The average Bonchev–Trinajstić information content (AvgIpc) is 3.23. The van der Waals surface area contributed by atoms with Crippen LogP contribution in [-0.4, -0.2) is 29.4 Å². The van der Waals surface area contributed by atoms with Crippen molar-refractivity contribution < 1.29 is 9.59 Å². The second-order valence-electron chi connectivity index (χ2n) is 7.63. The maximum absolute atomic E-state index is 12.8. The first-order valence-corrected chi connectivity index (χ1v) is 9.79. The summed E-state index contributed by atoms with van der Waals surface area (Å²) in [5.74, 6) is 0.103. The van der Waals surface area contributed by atoms with Gasteiger partial charge in [-0.05, 0) is 41.7 Å².